The Balaban J connectivity index is 2.06. The molecule has 7 nitrogen and oxygen atoms in total. The summed E-state index contributed by atoms with van der Waals surface area (Å²) in [6.07, 6.45) is 4.34. The molecule has 2 heterocycles. The fourth-order valence-corrected chi connectivity index (χ4v) is 1.76. The number of carbonyl (C=O) groups is 2. The lowest BCUT2D eigenvalue weighted by Gasteiger charge is -2.02. The highest BCUT2D eigenvalue weighted by molar-refractivity contribution is 9.10. The van der Waals surface area contributed by atoms with Gasteiger partial charge in [-0.2, -0.15) is 5.10 Å². The molecule has 0 aliphatic rings. The smallest absolute Gasteiger partial charge is 0.325 e. The van der Waals surface area contributed by atoms with Crippen molar-refractivity contribution in [2.45, 2.75) is 6.54 Å². The predicted molar refractivity (Wildman–Crippen MR) is 69.8 cm³/mol. The lowest BCUT2D eigenvalue weighted by molar-refractivity contribution is -0.137. The molecule has 0 aromatic carbocycles. The van der Waals surface area contributed by atoms with E-state index in [1.54, 1.807) is 12.1 Å². The molecule has 0 bridgehead atoms. The van der Waals surface area contributed by atoms with Crippen LogP contribution in [0.3, 0.4) is 0 Å². The highest BCUT2D eigenvalue weighted by Crippen LogP contribution is 2.11. The summed E-state index contributed by atoms with van der Waals surface area (Å²) < 4.78 is 1.78. The summed E-state index contributed by atoms with van der Waals surface area (Å²) >= 11 is 3.17. The number of hydrogen-bond donors (Lipinski definition) is 2. The number of amides is 1. The van der Waals surface area contributed by atoms with E-state index in [1.807, 2.05) is 0 Å². The molecule has 0 saturated carbocycles. The summed E-state index contributed by atoms with van der Waals surface area (Å²) in [5, 5.41) is 15.0. The molecule has 0 saturated heterocycles. The van der Waals surface area contributed by atoms with Gasteiger partial charge in [-0.15, -0.1) is 0 Å². The number of carboxylic acids is 1. The number of carboxylic acid groups (broad SMARTS) is 1. The number of halogens is 1. The molecular weight excluding hydrogens is 316 g/mol. The molecule has 2 aromatic heterocycles. The van der Waals surface area contributed by atoms with Crippen LogP contribution in [0.15, 0.2) is 35.3 Å². The van der Waals surface area contributed by atoms with Crippen LogP contribution in [0.2, 0.25) is 0 Å². The zero-order valence-electron chi connectivity index (χ0n) is 9.58. The van der Waals surface area contributed by atoms with Crippen molar-refractivity contribution in [1.82, 2.24) is 14.8 Å². The first kappa shape index (κ1) is 13.2. The lowest BCUT2D eigenvalue weighted by atomic mass is 10.2. The van der Waals surface area contributed by atoms with Gasteiger partial charge in [-0.25, -0.2) is 4.98 Å². The molecule has 98 valence electrons. The van der Waals surface area contributed by atoms with E-state index in [9.17, 15) is 9.59 Å². The highest BCUT2D eigenvalue weighted by Gasteiger charge is 2.09. The van der Waals surface area contributed by atoms with Crippen molar-refractivity contribution in [3.8, 4) is 0 Å². The second-order valence-corrected chi connectivity index (χ2v) is 4.45. The first-order valence-corrected chi connectivity index (χ1v) is 6.01. The number of hydrogen-bond acceptors (Lipinski definition) is 4. The average Bonchev–Trinajstić information content (AvgIpc) is 2.75. The zero-order valence-corrected chi connectivity index (χ0v) is 11.2. The van der Waals surface area contributed by atoms with E-state index in [2.05, 4.69) is 31.3 Å². The van der Waals surface area contributed by atoms with Gasteiger partial charge in [0.2, 0.25) is 0 Å². The van der Waals surface area contributed by atoms with Crippen LogP contribution in [0, 0.1) is 0 Å². The van der Waals surface area contributed by atoms with Gasteiger partial charge in [0.05, 0.1) is 11.9 Å². The number of rotatable bonds is 4. The van der Waals surface area contributed by atoms with E-state index in [0.717, 1.165) is 0 Å². The SMILES string of the molecule is O=C(O)Cn1cc(NC(=O)c2ccnc(Br)c2)cn1. The first-order valence-electron chi connectivity index (χ1n) is 5.22. The normalized spacial score (nSPS) is 10.2. The number of pyridine rings is 1. The minimum Gasteiger partial charge on any atom is -0.480 e. The van der Waals surface area contributed by atoms with Crippen molar-refractivity contribution >= 4 is 33.5 Å². The Labute approximate surface area is 116 Å². The average molecular weight is 325 g/mol. The van der Waals surface area contributed by atoms with Crippen LogP contribution in [0.1, 0.15) is 10.4 Å². The zero-order chi connectivity index (χ0) is 13.8. The van der Waals surface area contributed by atoms with Crippen LogP contribution >= 0.6 is 15.9 Å². The van der Waals surface area contributed by atoms with Crippen LogP contribution in [-0.2, 0) is 11.3 Å². The Kier molecular flexibility index (Phi) is 3.91. The van der Waals surface area contributed by atoms with Crippen molar-refractivity contribution in [3.05, 3.63) is 40.9 Å². The third kappa shape index (κ3) is 3.62. The summed E-state index contributed by atoms with van der Waals surface area (Å²) in [7, 11) is 0. The summed E-state index contributed by atoms with van der Waals surface area (Å²) in [5.74, 6) is -1.32. The van der Waals surface area contributed by atoms with Crippen LogP contribution in [0.5, 0.6) is 0 Å². The molecule has 1 amide bonds. The van der Waals surface area contributed by atoms with Gasteiger partial charge < -0.3 is 10.4 Å². The van der Waals surface area contributed by atoms with Crippen molar-refractivity contribution in [3.63, 3.8) is 0 Å². The van der Waals surface area contributed by atoms with Crippen molar-refractivity contribution < 1.29 is 14.7 Å². The van der Waals surface area contributed by atoms with Crippen LogP contribution in [0.4, 0.5) is 5.69 Å². The van der Waals surface area contributed by atoms with E-state index >= 15 is 0 Å². The topological polar surface area (TPSA) is 97.1 Å². The molecule has 2 rings (SSSR count). The summed E-state index contributed by atoms with van der Waals surface area (Å²) in [4.78, 5) is 26.3. The van der Waals surface area contributed by atoms with Gasteiger partial charge in [0.15, 0.2) is 0 Å². The van der Waals surface area contributed by atoms with E-state index in [0.29, 0.717) is 15.9 Å². The van der Waals surface area contributed by atoms with Crippen molar-refractivity contribution in [2.24, 2.45) is 0 Å². The highest BCUT2D eigenvalue weighted by atomic mass is 79.9. The van der Waals surface area contributed by atoms with Gasteiger partial charge in [-0.1, -0.05) is 0 Å². The summed E-state index contributed by atoms with van der Waals surface area (Å²) in [6, 6.07) is 3.15. The van der Waals surface area contributed by atoms with Crippen LogP contribution in [0.25, 0.3) is 0 Å². The molecule has 0 spiro atoms. The van der Waals surface area contributed by atoms with Gasteiger partial charge in [-0.3, -0.25) is 14.3 Å². The molecule has 0 radical (unpaired) electrons. The Morgan fingerprint density at radius 2 is 2.26 bits per heavy atom. The molecule has 0 unspecified atom stereocenters. The largest absolute Gasteiger partial charge is 0.480 e. The number of nitrogens with one attached hydrogen (secondary N) is 1. The fourth-order valence-electron chi connectivity index (χ4n) is 1.40. The third-order valence-electron chi connectivity index (χ3n) is 2.18. The standard InChI is InChI=1S/C11H9BrN4O3/c12-9-3-7(1-2-13-9)11(19)15-8-4-14-16(5-8)6-10(17)18/h1-5H,6H2,(H,15,19)(H,17,18). The number of anilines is 1. The second kappa shape index (κ2) is 5.61. The number of nitrogens with zero attached hydrogens (tertiary/aromatic N) is 3. The molecule has 2 aromatic rings. The molecular formula is C11H9BrN4O3. The quantitative estimate of drug-likeness (QED) is 0.828. The van der Waals surface area contributed by atoms with Crippen molar-refractivity contribution in [2.75, 3.05) is 5.32 Å². The van der Waals surface area contributed by atoms with Crippen LogP contribution < -0.4 is 5.32 Å². The Morgan fingerprint density at radius 3 is 2.95 bits per heavy atom. The Hall–Kier alpha value is -2.22. The molecule has 8 heteroatoms. The maximum Gasteiger partial charge on any atom is 0.325 e. The van der Waals surface area contributed by atoms with Gasteiger partial charge >= 0.3 is 5.97 Å². The minimum atomic E-state index is -1.00. The Bertz CT molecular complexity index is 626. The summed E-state index contributed by atoms with van der Waals surface area (Å²) in [6.45, 7) is -0.253. The molecule has 19 heavy (non-hydrogen) atoms. The van der Waals surface area contributed by atoms with E-state index in [-0.39, 0.29) is 12.5 Å². The Morgan fingerprint density at radius 1 is 1.47 bits per heavy atom. The monoisotopic (exact) mass is 324 g/mol. The third-order valence-corrected chi connectivity index (χ3v) is 2.61. The van der Waals surface area contributed by atoms with Crippen LogP contribution in [-0.4, -0.2) is 31.7 Å². The number of aliphatic carboxylic acids is 1. The molecule has 0 aliphatic carbocycles. The molecule has 2 N–H and O–H groups in total. The lowest BCUT2D eigenvalue weighted by Crippen LogP contribution is -2.12. The van der Waals surface area contributed by atoms with Gasteiger partial charge in [-0.05, 0) is 28.1 Å². The van der Waals surface area contributed by atoms with Gasteiger partial charge in [0.25, 0.3) is 5.91 Å². The molecule has 0 fully saturated rings. The molecule has 0 aliphatic heterocycles. The summed E-state index contributed by atoms with van der Waals surface area (Å²) in [5.41, 5.74) is 0.868. The van der Waals surface area contributed by atoms with Gasteiger partial charge in [0.1, 0.15) is 11.1 Å². The van der Waals surface area contributed by atoms with Crippen molar-refractivity contribution in [1.29, 1.82) is 0 Å². The van der Waals surface area contributed by atoms with E-state index in [1.165, 1.54) is 23.3 Å². The first-order chi connectivity index (χ1) is 9.04. The molecule has 0 atom stereocenters. The number of carbonyl (C=O) groups excluding carboxylic acids is 1. The fraction of sp³-hybridized carbons (Fsp3) is 0.0909. The minimum absolute atomic E-state index is 0.253. The predicted octanol–water partition coefficient (Wildman–Crippen LogP) is 1.38. The maximum atomic E-state index is 11.9. The second-order valence-electron chi connectivity index (χ2n) is 3.64. The number of aromatic nitrogens is 3. The maximum absolute atomic E-state index is 11.9. The van der Waals surface area contributed by atoms with Gasteiger partial charge in [0, 0.05) is 18.0 Å². The van der Waals surface area contributed by atoms with E-state index in [4.69, 9.17) is 5.11 Å². The van der Waals surface area contributed by atoms with E-state index < -0.39 is 5.97 Å².